The third-order valence-corrected chi connectivity index (χ3v) is 5.80. The van der Waals surface area contributed by atoms with E-state index in [0.717, 1.165) is 4.70 Å². The van der Waals surface area contributed by atoms with Gasteiger partial charge in [0.15, 0.2) is 5.13 Å². The molecule has 1 aromatic heterocycles. The Morgan fingerprint density at radius 3 is 2.44 bits per heavy atom. The molecule has 0 N–H and O–H groups in total. The fraction of sp³-hybridized carbons (Fsp3) is 0.263. The van der Waals surface area contributed by atoms with Crippen molar-refractivity contribution in [1.29, 1.82) is 0 Å². The summed E-state index contributed by atoms with van der Waals surface area (Å²) in [5.41, 5.74) is 1.21. The lowest BCUT2D eigenvalue weighted by atomic mass is 10.2. The Morgan fingerprint density at radius 2 is 1.81 bits per heavy atom. The van der Waals surface area contributed by atoms with E-state index in [1.54, 1.807) is 48.4 Å². The van der Waals surface area contributed by atoms with Gasteiger partial charge >= 0.3 is 0 Å². The van der Waals surface area contributed by atoms with Crippen molar-refractivity contribution >= 4 is 55.8 Å². The van der Waals surface area contributed by atoms with Crippen LogP contribution in [0.2, 0.25) is 10.0 Å². The minimum atomic E-state index is -0.136. The molecule has 0 bridgehead atoms. The Bertz CT molecular complexity index is 957. The Hall–Kier alpha value is -1.86. The number of carbonyl (C=O) groups is 1. The second-order valence-corrected chi connectivity index (χ2v) is 8.01. The van der Waals surface area contributed by atoms with Crippen LogP contribution < -0.4 is 9.64 Å². The number of anilines is 1. The van der Waals surface area contributed by atoms with Crippen LogP contribution in [0.3, 0.4) is 0 Å². The average molecular weight is 424 g/mol. The number of fused-ring (bicyclic) bond motifs is 1. The summed E-state index contributed by atoms with van der Waals surface area (Å²) < 4.78 is 6.19. The lowest BCUT2D eigenvalue weighted by molar-refractivity contribution is 0.0985. The Labute approximate surface area is 172 Å². The van der Waals surface area contributed by atoms with Gasteiger partial charge in [0.25, 0.3) is 5.91 Å². The first-order valence-corrected chi connectivity index (χ1v) is 9.83. The number of carbonyl (C=O) groups excluding carboxylic acids is 1. The summed E-state index contributed by atoms with van der Waals surface area (Å²) in [7, 11) is 5.51. The predicted molar refractivity (Wildman–Crippen MR) is 113 cm³/mol. The zero-order valence-electron chi connectivity index (χ0n) is 15.2. The largest absolute Gasteiger partial charge is 0.494 e. The average Bonchev–Trinajstić information content (AvgIpc) is 3.08. The van der Waals surface area contributed by atoms with Crippen LogP contribution in [0.4, 0.5) is 5.13 Å². The molecule has 0 radical (unpaired) electrons. The minimum absolute atomic E-state index is 0.136. The van der Waals surface area contributed by atoms with Crippen LogP contribution in [0, 0.1) is 0 Å². The Kier molecular flexibility index (Phi) is 6.22. The molecule has 1 heterocycles. The highest BCUT2D eigenvalue weighted by Gasteiger charge is 2.23. The van der Waals surface area contributed by atoms with Crippen molar-refractivity contribution in [2.45, 2.75) is 0 Å². The topological polar surface area (TPSA) is 45.7 Å². The molecular formula is C19H19Cl2N3O2S. The number of hydrogen-bond acceptors (Lipinski definition) is 5. The first kappa shape index (κ1) is 19.9. The second kappa shape index (κ2) is 8.44. The number of nitrogens with zero attached hydrogens (tertiary/aromatic N) is 3. The molecule has 0 saturated heterocycles. The van der Waals surface area contributed by atoms with Gasteiger partial charge in [0.05, 0.1) is 16.8 Å². The molecule has 1 amide bonds. The maximum absolute atomic E-state index is 13.2. The molecule has 2 aromatic carbocycles. The molecule has 5 nitrogen and oxygen atoms in total. The molecule has 0 aliphatic carbocycles. The van der Waals surface area contributed by atoms with Gasteiger partial charge in [-0.15, -0.1) is 0 Å². The van der Waals surface area contributed by atoms with E-state index in [1.807, 2.05) is 19.0 Å². The molecule has 0 fully saturated rings. The van der Waals surface area contributed by atoms with E-state index in [0.29, 0.717) is 45.1 Å². The molecule has 0 aliphatic heterocycles. The minimum Gasteiger partial charge on any atom is -0.494 e. The van der Waals surface area contributed by atoms with E-state index < -0.39 is 0 Å². The highest BCUT2D eigenvalue weighted by molar-refractivity contribution is 7.23. The summed E-state index contributed by atoms with van der Waals surface area (Å²) in [4.78, 5) is 21.5. The molecule has 0 saturated carbocycles. The first-order chi connectivity index (χ1) is 12.9. The van der Waals surface area contributed by atoms with Gasteiger partial charge in [0.2, 0.25) is 0 Å². The van der Waals surface area contributed by atoms with Gasteiger partial charge in [-0.3, -0.25) is 9.69 Å². The Balaban J connectivity index is 2.05. The van der Waals surface area contributed by atoms with E-state index in [4.69, 9.17) is 27.9 Å². The van der Waals surface area contributed by atoms with Gasteiger partial charge in [-0.25, -0.2) is 4.98 Å². The van der Waals surface area contributed by atoms with Gasteiger partial charge in [-0.2, -0.15) is 0 Å². The van der Waals surface area contributed by atoms with Crippen LogP contribution in [0.15, 0.2) is 36.4 Å². The summed E-state index contributed by atoms with van der Waals surface area (Å²) in [5, 5.41) is 1.75. The number of halogens is 2. The number of methoxy groups -OCH3 is 1. The van der Waals surface area contributed by atoms with Crippen molar-refractivity contribution in [3.05, 3.63) is 52.0 Å². The number of hydrogen-bond donors (Lipinski definition) is 0. The number of benzene rings is 2. The first-order valence-electron chi connectivity index (χ1n) is 8.26. The number of ether oxygens (including phenoxy) is 1. The van der Waals surface area contributed by atoms with Crippen molar-refractivity contribution in [2.24, 2.45) is 0 Å². The van der Waals surface area contributed by atoms with E-state index in [1.165, 1.54) is 11.3 Å². The normalized spacial score (nSPS) is 11.2. The van der Waals surface area contributed by atoms with E-state index >= 15 is 0 Å². The smallest absolute Gasteiger partial charge is 0.260 e. The Morgan fingerprint density at radius 1 is 1.11 bits per heavy atom. The van der Waals surface area contributed by atoms with Gasteiger partial charge < -0.3 is 9.64 Å². The highest BCUT2D eigenvalue weighted by Crippen LogP contribution is 2.39. The van der Waals surface area contributed by atoms with Crippen LogP contribution >= 0.6 is 34.5 Å². The fourth-order valence-corrected chi connectivity index (χ4v) is 3.96. The summed E-state index contributed by atoms with van der Waals surface area (Å²) in [5.74, 6) is 0.492. The van der Waals surface area contributed by atoms with Gasteiger partial charge in [0, 0.05) is 23.7 Å². The molecular weight excluding hydrogens is 405 g/mol. The van der Waals surface area contributed by atoms with Crippen LogP contribution in [0.5, 0.6) is 5.75 Å². The van der Waals surface area contributed by atoms with Crippen LogP contribution in [0.25, 0.3) is 10.2 Å². The van der Waals surface area contributed by atoms with Gasteiger partial charge in [0.1, 0.15) is 11.3 Å². The number of aromatic nitrogens is 1. The molecule has 0 spiro atoms. The lowest BCUT2D eigenvalue weighted by Gasteiger charge is -2.22. The monoisotopic (exact) mass is 423 g/mol. The molecule has 8 heteroatoms. The fourth-order valence-electron chi connectivity index (χ4n) is 2.55. The maximum atomic E-state index is 13.2. The third-order valence-electron chi connectivity index (χ3n) is 4.01. The van der Waals surface area contributed by atoms with Crippen LogP contribution in [-0.4, -0.2) is 50.1 Å². The molecule has 0 aliphatic rings. The zero-order chi connectivity index (χ0) is 19.6. The molecule has 3 aromatic rings. The summed E-state index contributed by atoms with van der Waals surface area (Å²) in [6.07, 6.45) is 0. The van der Waals surface area contributed by atoms with Crippen LogP contribution in [0.1, 0.15) is 10.4 Å². The highest BCUT2D eigenvalue weighted by atomic mass is 35.5. The van der Waals surface area contributed by atoms with Gasteiger partial charge in [-0.05, 0) is 50.5 Å². The number of thiazole rings is 1. The van der Waals surface area contributed by atoms with E-state index in [9.17, 15) is 4.79 Å². The number of amides is 1. The predicted octanol–water partition coefficient (Wildman–Crippen LogP) is 4.82. The van der Waals surface area contributed by atoms with E-state index in [2.05, 4.69) is 4.98 Å². The molecule has 142 valence electrons. The molecule has 27 heavy (non-hydrogen) atoms. The lowest BCUT2D eigenvalue weighted by Crippen LogP contribution is -2.36. The number of rotatable bonds is 6. The SMILES string of the molecule is COc1ccc(Cl)c2sc(N(CCN(C)C)C(=O)c3ccc(Cl)cc3)nc12. The molecule has 0 unspecified atom stereocenters. The van der Waals surface area contributed by atoms with Crippen molar-refractivity contribution in [2.75, 3.05) is 39.2 Å². The van der Waals surface area contributed by atoms with Crippen LogP contribution in [-0.2, 0) is 0 Å². The quantitative estimate of drug-likeness (QED) is 0.569. The molecule has 3 rings (SSSR count). The summed E-state index contributed by atoms with van der Waals surface area (Å²) in [6.45, 7) is 1.19. The van der Waals surface area contributed by atoms with Crippen molar-refractivity contribution in [3.8, 4) is 5.75 Å². The molecule has 0 atom stereocenters. The van der Waals surface area contributed by atoms with Crippen molar-refractivity contribution in [3.63, 3.8) is 0 Å². The van der Waals surface area contributed by atoms with E-state index in [-0.39, 0.29) is 5.91 Å². The van der Waals surface area contributed by atoms with Gasteiger partial charge in [-0.1, -0.05) is 34.5 Å². The summed E-state index contributed by atoms with van der Waals surface area (Å²) in [6, 6.07) is 10.4. The van der Waals surface area contributed by atoms with Crippen molar-refractivity contribution in [1.82, 2.24) is 9.88 Å². The number of likely N-dealkylation sites (N-methyl/N-ethyl adjacent to an activating group) is 1. The maximum Gasteiger partial charge on any atom is 0.260 e. The third kappa shape index (κ3) is 4.35. The van der Waals surface area contributed by atoms with Crippen molar-refractivity contribution < 1.29 is 9.53 Å². The zero-order valence-corrected chi connectivity index (χ0v) is 17.5. The standard InChI is InChI=1S/C19H19Cl2N3O2S/c1-23(2)10-11-24(18(25)12-4-6-13(20)7-5-12)19-22-16-15(26-3)9-8-14(21)17(16)27-19/h4-9H,10-11H2,1-3H3. The summed E-state index contributed by atoms with van der Waals surface area (Å²) >= 11 is 13.7. The second-order valence-electron chi connectivity index (χ2n) is 6.19.